The molecule has 2 aromatic carbocycles. The number of likely N-dealkylation sites (N-methyl/N-ethyl adjacent to an activating group) is 1. The van der Waals surface area contributed by atoms with Gasteiger partial charge in [-0.1, -0.05) is 12.1 Å². The van der Waals surface area contributed by atoms with Crippen LogP contribution in [-0.4, -0.2) is 25.4 Å². The SMILES string of the molecule is CN1C(=O)CN(Nc2ccc(C(=O)Nc3ccco3)cc2)c2ccccc21. The number of anilines is 4. The Labute approximate surface area is 156 Å². The highest BCUT2D eigenvalue weighted by Crippen LogP contribution is 2.32. The van der Waals surface area contributed by atoms with Crippen LogP contribution in [0, 0.1) is 0 Å². The number of carbonyl (C=O) groups is 2. The Morgan fingerprint density at radius 3 is 2.44 bits per heavy atom. The first kappa shape index (κ1) is 16.7. The van der Waals surface area contributed by atoms with Gasteiger partial charge in [0.15, 0.2) is 5.88 Å². The monoisotopic (exact) mass is 362 g/mol. The van der Waals surface area contributed by atoms with Crippen LogP contribution in [0.25, 0.3) is 0 Å². The van der Waals surface area contributed by atoms with Gasteiger partial charge in [-0.25, -0.2) is 0 Å². The van der Waals surface area contributed by atoms with Crippen LogP contribution in [0.5, 0.6) is 0 Å². The topological polar surface area (TPSA) is 77.8 Å². The number of benzene rings is 2. The van der Waals surface area contributed by atoms with Gasteiger partial charge >= 0.3 is 0 Å². The van der Waals surface area contributed by atoms with Crippen molar-refractivity contribution in [3.8, 4) is 0 Å². The predicted octanol–water partition coefficient (Wildman–Crippen LogP) is 3.34. The molecule has 0 saturated carbocycles. The molecule has 0 fully saturated rings. The maximum Gasteiger partial charge on any atom is 0.257 e. The molecule has 2 N–H and O–H groups in total. The molecule has 7 heteroatoms. The van der Waals surface area contributed by atoms with Crippen molar-refractivity contribution in [1.82, 2.24) is 0 Å². The van der Waals surface area contributed by atoms with Gasteiger partial charge in [-0.15, -0.1) is 0 Å². The van der Waals surface area contributed by atoms with E-state index in [1.165, 1.54) is 6.26 Å². The quantitative estimate of drug-likeness (QED) is 0.744. The van der Waals surface area contributed by atoms with E-state index >= 15 is 0 Å². The zero-order chi connectivity index (χ0) is 18.8. The second-order valence-electron chi connectivity index (χ2n) is 6.15. The zero-order valence-electron chi connectivity index (χ0n) is 14.7. The summed E-state index contributed by atoms with van der Waals surface area (Å²) >= 11 is 0. The first-order chi connectivity index (χ1) is 13.1. The Hall–Kier alpha value is -3.74. The number of fused-ring (bicyclic) bond motifs is 1. The lowest BCUT2D eigenvalue weighted by atomic mass is 10.2. The van der Waals surface area contributed by atoms with Crippen LogP contribution in [0.4, 0.5) is 22.9 Å². The fourth-order valence-electron chi connectivity index (χ4n) is 2.92. The minimum atomic E-state index is -0.253. The van der Waals surface area contributed by atoms with Crippen LogP contribution in [0.15, 0.2) is 71.3 Å². The van der Waals surface area contributed by atoms with Gasteiger partial charge in [0.1, 0.15) is 6.54 Å². The Kier molecular flexibility index (Phi) is 4.25. The fraction of sp³-hybridized carbons (Fsp3) is 0.100. The molecule has 3 aromatic rings. The number of furan rings is 1. The number of hydrogen-bond donors (Lipinski definition) is 2. The molecule has 0 radical (unpaired) electrons. The van der Waals surface area contributed by atoms with E-state index in [1.54, 1.807) is 53.4 Å². The summed E-state index contributed by atoms with van der Waals surface area (Å²) in [6.07, 6.45) is 1.50. The lowest BCUT2D eigenvalue weighted by molar-refractivity contribution is -0.117. The summed E-state index contributed by atoms with van der Waals surface area (Å²) in [5.74, 6) is 0.141. The third-order valence-electron chi connectivity index (χ3n) is 4.37. The van der Waals surface area contributed by atoms with Crippen LogP contribution in [0.3, 0.4) is 0 Å². The van der Waals surface area contributed by atoms with Crippen molar-refractivity contribution in [2.75, 3.05) is 34.2 Å². The normalized spacial score (nSPS) is 13.3. The molecule has 4 rings (SSSR count). The van der Waals surface area contributed by atoms with Crippen LogP contribution in [0.1, 0.15) is 10.4 Å². The van der Waals surface area contributed by atoms with Gasteiger partial charge in [0, 0.05) is 18.7 Å². The lowest BCUT2D eigenvalue weighted by Crippen LogP contribution is -2.46. The van der Waals surface area contributed by atoms with Crippen LogP contribution in [0.2, 0.25) is 0 Å². The number of rotatable bonds is 4. The maximum absolute atomic E-state index is 12.2. The van der Waals surface area contributed by atoms with E-state index in [-0.39, 0.29) is 18.4 Å². The summed E-state index contributed by atoms with van der Waals surface area (Å²) in [7, 11) is 1.77. The number of para-hydroxylation sites is 2. The molecule has 1 aliphatic heterocycles. The molecule has 27 heavy (non-hydrogen) atoms. The van der Waals surface area contributed by atoms with Gasteiger partial charge in [-0.2, -0.15) is 0 Å². The van der Waals surface area contributed by atoms with E-state index in [0.717, 1.165) is 17.1 Å². The molecule has 0 spiro atoms. The third kappa shape index (κ3) is 3.35. The fourth-order valence-corrected chi connectivity index (χ4v) is 2.92. The van der Waals surface area contributed by atoms with Crippen LogP contribution < -0.4 is 20.7 Å². The Bertz CT molecular complexity index is 967. The van der Waals surface area contributed by atoms with E-state index in [0.29, 0.717) is 11.4 Å². The highest BCUT2D eigenvalue weighted by molar-refractivity contribution is 6.04. The molecule has 0 atom stereocenters. The zero-order valence-corrected chi connectivity index (χ0v) is 14.7. The van der Waals surface area contributed by atoms with Gasteiger partial charge < -0.3 is 9.32 Å². The molecule has 2 heterocycles. The number of carbonyl (C=O) groups excluding carboxylic acids is 2. The molecule has 0 aliphatic carbocycles. The molecular formula is C20H18N4O3. The van der Waals surface area contributed by atoms with E-state index in [4.69, 9.17) is 4.42 Å². The Morgan fingerprint density at radius 2 is 1.74 bits per heavy atom. The van der Waals surface area contributed by atoms with Gasteiger partial charge in [0.2, 0.25) is 5.91 Å². The van der Waals surface area contributed by atoms with E-state index < -0.39 is 0 Å². The molecule has 2 amide bonds. The van der Waals surface area contributed by atoms with Crippen molar-refractivity contribution >= 4 is 34.8 Å². The van der Waals surface area contributed by atoms with Crippen molar-refractivity contribution in [3.05, 3.63) is 72.5 Å². The predicted molar refractivity (Wildman–Crippen MR) is 104 cm³/mol. The molecular weight excluding hydrogens is 344 g/mol. The summed E-state index contributed by atoms with van der Waals surface area (Å²) in [4.78, 5) is 26.1. The van der Waals surface area contributed by atoms with Gasteiger partial charge in [-0.3, -0.25) is 25.3 Å². The smallest absolute Gasteiger partial charge is 0.257 e. The Balaban J connectivity index is 1.49. The minimum Gasteiger partial charge on any atom is -0.449 e. The first-order valence-corrected chi connectivity index (χ1v) is 8.46. The number of hydrogen-bond acceptors (Lipinski definition) is 5. The molecule has 0 bridgehead atoms. The third-order valence-corrected chi connectivity index (χ3v) is 4.37. The van der Waals surface area contributed by atoms with E-state index in [9.17, 15) is 9.59 Å². The molecule has 0 unspecified atom stereocenters. The molecule has 7 nitrogen and oxygen atoms in total. The van der Waals surface area contributed by atoms with Gasteiger partial charge in [0.05, 0.1) is 23.3 Å². The molecule has 0 saturated heterocycles. The van der Waals surface area contributed by atoms with Gasteiger partial charge in [-0.05, 0) is 42.5 Å². The molecule has 1 aromatic heterocycles. The molecule has 1 aliphatic rings. The summed E-state index contributed by atoms with van der Waals surface area (Å²) < 4.78 is 5.12. The average Bonchev–Trinajstić information content (AvgIpc) is 3.19. The number of amides is 2. The average molecular weight is 362 g/mol. The van der Waals surface area contributed by atoms with Gasteiger partial charge in [0.25, 0.3) is 5.91 Å². The second-order valence-corrected chi connectivity index (χ2v) is 6.15. The van der Waals surface area contributed by atoms with E-state index in [1.807, 2.05) is 24.3 Å². The Morgan fingerprint density at radius 1 is 1.00 bits per heavy atom. The summed E-state index contributed by atoms with van der Waals surface area (Å²) in [6.45, 7) is 0.217. The highest BCUT2D eigenvalue weighted by Gasteiger charge is 2.26. The molecule has 136 valence electrons. The minimum absolute atomic E-state index is 0.00403. The standard InChI is InChI=1S/C20H18N4O3/c1-23-16-5-2-3-6-17(16)24(13-19(23)25)22-15-10-8-14(9-11-15)20(26)21-18-7-4-12-27-18/h2-12,22H,13H2,1H3,(H,21,26). The summed E-state index contributed by atoms with van der Waals surface area (Å²) in [6, 6.07) is 18.1. The maximum atomic E-state index is 12.2. The van der Waals surface area contributed by atoms with Crippen molar-refractivity contribution in [2.45, 2.75) is 0 Å². The van der Waals surface area contributed by atoms with Crippen molar-refractivity contribution in [1.29, 1.82) is 0 Å². The van der Waals surface area contributed by atoms with Crippen LogP contribution >= 0.6 is 0 Å². The first-order valence-electron chi connectivity index (χ1n) is 8.46. The van der Waals surface area contributed by atoms with E-state index in [2.05, 4.69) is 10.7 Å². The second kappa shape index (κ2) is 6.87. The largest absolute Gasteiger partial charge is 0.449 e. The summed E-state index contributed by atoms with van der Waals surface area (Å²) in [5, 5.41) is 4.48. The van der Waals surface area contributed by atoms with Crippen molar-refractivity contribution in [3.63, 3.8) is 0 Å². The summed E-state index contributed by atoms with van der Waals surface area (Å²) in [5.41, 5.74) is 6.28. The number of nitrogens with zero attached hydrogens (tertiary/aromatic N) is 2. The van der Waals surface area contributed by atoms with Crippen LogP contribution in [-0.2, 0) is 4.79 Å². The lowest BCUT2D eigenvalue weighted by Gasteiger charge is -2.35. The van der Waals surface area contributed by atoms with Crippen molar-refractivity contribution < 1.29 is 14.0 Å². The number of nitrogens with one attached hydrogen (secondary N) is 2. The highest BCUT2D eigenvalue weighted by atomic mass is 16.3. The number of hydrazine groups is 1. The van der Waals surface area contributed by atoms with Crippen molar-refractivity contribution in [2.24, 2.45) is 0 Å².